The number of nitrogens with zero attached hydrogens (tertiary/aromatic N) is 1. The highest BCUT2D eigenvalue weighted by Crippen LogP contribution is 2.38. The molecule has 1 aliphatic carbocycles. The van der Waals surface area contributed by atoms with Gasteiger partial charge in [0.2, 0.25) is 0 Å². The average Bonchev–Trinajstić information content (AvgIpc) is 2.70. The van der Waals surface area contributed by atoms with Crippen molar-refractivity contribution in [2.75, 3.05) is 6.54 Å². The second-order valence-corrected chi connectivity index (χ2v) is 6.17. The normalized spacial score (nSPS) is 18.9. The molecule has 1 aliphatic rings. The van der Waals surface area contributed by atoms with Crippen molar-refractivity contribution >= 4 is 11.6 Å². The molecule has 0 radical (unpaired) electrons. The quantitative estimate of drug-likeness (QED) is 0.659. The van der Waals surface area contributed by atoms with Crippen molar-refractivity contribution in [1.82, 2.24) is 5.32 Å². The summed E-state index contributed by atoms with van der Waals surface area (Å²) in [7, 11) is 0. The molecule has 1 heterocycles. The van der Waals surface area contributed by atoms with Crippen LogP contribution in [0.2, 0.25) is 0 Å². The predicted octanol–water partition coefficient (Wildman–Crippen LogP) is 2.88. The van der Waals surface area contributed by atoms with Gasteiger partial charge in [0.05, 0.1) is 5.71 Å². The molecule has 0 aromatic carbocycles. The molecular weight excluding hydrogens is 256 g/mol. The van der Waals surface area contributed by atoms with Gasteiger partial charge in [-0.2, -0.15) is 0 Å². The monoisotopic (exact) mass is 278 g/mol. The summed E-state index contributed by atoms with van der Waals surface area (Å²) in [6.07, 6.45) is 2.29. The van der Waals surface area contributed by atoms with Crippen LogP contribution in [0.4, 0.5) is 0 Å². The zero-order chi connectivity index (χ0) is 14.9. The standard InChI is InChI=1S/C15H22N2O3/c1-5-6-16-14(18)13-9(2)12-10(17-19)7-15(3,4)8-11(12)20-13/h19H,5-8H2,1-4H3,(H,16,18)/b17-10-. The Balaban J connectivity index is 2.42. The number of carbonyl (C=O) groups excluding carboxylic acids is 1. The van der Waals surface area contributed by atoms with Gasteiger partial charge in [-0.15, -0.1) is 0 Å². The van der Waals surface area contributed by atoms with E-state index in [1.54, 1.807) is 0 Å². The van der Waals surface area contributed by atoms with Crippen LogP contribution in [-0.4, -0.2) is 23.4 Å². The second kappa shape index (κ2) is 5.31. The summed E-state index contributed by atoms with van der Waals surface area (Å²) in [6, 6.07) is 0. The first-order valence-corrected chi connectivity index (χ1v) is 7.01. The molecule has 0 fully saturated rings. The van der Waals surface area contributed by atoms with E-state index < -0.39 is 0 Å². The van der Waals surface area contributed by atoms with E-state index in [0.717, 1.165) is 29.7 Å². The van der Waals surface area contributed by atoms with Crippen molar-refractivity contribution in [3.05, 3.63) is 22.6 Å². The number of fused-ring (bicyclic) bond motifs is 1. The van der Waals surface area contributed by atoms with Crippen LogP contribution in [0.15, 0.2) is 9.57 Å². The third-order valence-electron chi connectivity index (χ3n) is 3.66. The molecule has 0 saturated carbocycles. The number of amides is 1. The Labute approximate surface area is 119 Å². The lowest BCUT2D eigenvalue weighted by Crippen LogP contribution is -2.27. The molecule has 0 spiro atoms. The van der Waals surface area contributed by atoms with Crippen molar-refractivity contribution in [3.8, 4) is 0 Å². The van der Waals surface area contributed by atoms with E-state index in [1.807, 2.05) is 13.8 Å². The lowest BCUT2D eigenvalue weighted by atomic mass is 9.75. The summed E-state index contributed by atoms with van der Waals surface area (Å²) in [5, 5.41) is 15.5. The van der Waals surface area contributed by atoms with Gasteiger partial charge in [-0.3, -0.25) is 4.79 Å². The lowest BCUT2D eigenvalue weighted by molar-refractivity contribution is 0.0922. The van der Waals surface area contributed by atoms with Crippen LogP contribution in [0.1, 0.15) is 61.1 Å². The Kier molecular flexibility index (Phi) is 3.88. The van der Waals surface area contributed by atoms with Gasteiger partial charge in [-0.1, -0.05) is 25.9 Å². The van der Waals surface area contributed by atoms with Gasteiger partial charge in [0.25, 0.3) is 5.91 Å². The van der Waals surface area contributed by atoms with E-state index in [4.69, 9.17) is 4.42 Å². The summed E-state index contributed by atoms with van der Waals surface area (Å²) in [4.78, 5) is 12.1. The smallest absolute Gasteiger partial charge is 0.287 e. The minimum atomic E-state index is -0.200. The summed E-state index contributed by atoms with van der Waals surface area (Å²) in [5.74, 6) is 0.879. The van der Waals surface area contributed by atoms with Crippen LogP contribution < -0.4 is 5.32 Å². The third-order valence-corrected chi connectivity index (χ3v) is 3.66. The zero-order valence-corrected chi connectivity index (χ0v) is 12.5. The number of carbonyl (C=O) groups is 1. The van der Waals surface area contributed by atoms with Gasteiger partial charge < -0.3 is 14.9 Å². The minimum Gasteiger partial charge on any atom is -0.455 e. The van der Waals surface area contributed by atoms with Crippen molar-refractivity contribution in [3.63, 3.8) is 0 Å². The molecule has 110 valence electrons. The topological polar surface area (TPSA) is 74.8 Å². The highest BCUT2D eigenvalue weighted by molar-refractivity contribution is 6.06. The maximum Gasteiger partial charge on any atom is 0.287 e. The maximum absolute atomic E-state index is 12.1. The van der Waals surface area contributed by atoms with E-state index in [1.165, 1.54) is 0 Å². The molecule has 0 unspecified atom stereocenters. The molecule has 0 saturated heterocycles. The molecule has 5 heteroatoms. The summed E-state index contributed by atoms with van der Waals surface area (Å²) < 4.78 is 5.76. The number of oxime groups is 1. The molecule has 0 atom stereocenters. The molecule has 2 rings (SSSR count). The van der Waals surface area contributed by atoms with Crippen LogP contribution in [0.5, 0.6) is 0 Å². The van der Waals surface area contributed by atoms with E-state index in [2.05, 4.69) is 24.3 Å². The van der Waals surface area contributed by atoms with Crippen LogP contribution >= 0.6 is 0 Å². The number of hydrogen-bond acceptors (Lipinski definition) is 4. The van der Waals surface area contributed by atoms with Gasteiger partial charge in [0.15, 0.2) is 5.76 Å². The number of rotatable bonds is 3. The van der Waals surface area contributed by atoms with Gasteiger partial charge in [0, 0.05) is 24.1 Å². The number of nitrogens with one attached hydrogen (secondary N) is 1. The van der Waals surface area contributed by atoms with Crippen molar-refractivity contribution in [1.29, 1.82) is 0 Å². The first kappa shape index (κ1) is 14.6. The largest absolute Gasteiger partial charge is 0.455 e. The molecule has 5 nitrogen and oxygen atoms in total. The summed E-state index contributed by atoms with van der Waals surface area (Å²) >= 11 is 0. The van der Waals surface area contributed by atoms with Gasteiger partial charge in [-0.05, 0) is 25.2 Å². The first-order chi connectivity index (χ1) is 9.39. The van der Waals surface area contributed by atoms with Crippen molar-refractivity contribution in [2.24, 2.45) is 10.6 Å². The first-order valence-electron chi connectivity index (χ1n) is 7.01. The SMILES string of the molecule is CCCNC(=O)c1oc2c(c1C)/C(=N\O)CC(C)(C)C2. The van der Waals surface area contributed by atoms with Gasteiger partial charge in [0.1, 0.15) is 5.76 Å². The van der Waals surface area contributed by atoms with Crippen molar-refractivity contribution in [2.45, 2.75) is 47.0 Å². The highest BCUT2D eigenvalue weighted by atomic mass is 16.4. The van der Waals surface area contributed by atoms with E-state index in [-0.39, 0.29) is 11.3 Å². The highest BCUT2D eigenvalue weighted by Gasteiger charge is 2.36. The zero-order valence-electron chi connectivity index (χ0n) is 12.5. The van der Waals surface area contributed by atoms with E-state index in [0.29, 0.717) is 24.4 Å². The fourth-order valence-corrected chi connectivity index (χ4v) is 2.73. The Morgan fingerprint density at radius 2 is 2.15 bits per heavy atom. The lowest BCUT2D eigenvalue weighted by Gasteiger charge is -2.28. The molecule has 2 N–H and O–H groups in total. The second-order valence-electron chi connectivity index (χ2n) is 6.17. The Hall–Kier alpha value is -1.78. The summed E-state index contributed by atoms with van der Waals surface area (Å²) in [5.41, 5.74) is 2.13. The molecule has 0 aliphatic heterocycles. The van der Waals surface area contributed by atoms with Crippen LogP contribution in [0.25, 0.3) is 0 Å². The maximum atomic E-state index is 12.1. The Bertz CT molecular complexity index is 556. The Morgan fingerprint density at radius 3 is 2.75 bits per heavy atom. The number of hydrogen-bond donors (Lipinski definition) is 2. The van der Waals surface area contributed by atoms with E-state index >= 15 is 0 Å². The number of furan rings is 1. The molecule has 1 amide bonds. The van der Waals surface area contributed by atoms with Crippen molar-refractivity contribution < 1.29 is 14.4 Å². The average molecular weight is 278 g/mol. The minimum absolute atomic E-state index is 0.0317. The molecule has 1 aromatic heterocycles. The molecular formula is C15H22N2O3. The third kappa shape index (κ3) is 2.57. The summed E-state index contributed by atoms with van der Waals surface area (Å²) in [6.45, 7) is 8.65. The predicted molar refractivity (Wildman–Crippen MR) is 76.5 cm³/mol. The van der Waals surface area contributed by atoms with E-state index in [9.17, 15) is 10.0 Å². The van der Waals surface area contributed by atoms with Gasteiger partial charge in [-0.25, -0.2) is 0 Å². The molecule has 0 bridgehead atoms. The van der Waals surface area contributed by atoms with Crippen LogP contribution in [-0.2, 0) is 6.42 Å². The molecule has 20 heavy (non-hydrogen) atoms. The molecule has 1 aromatic rings. The van der Waals surface area contributed by atoms with Gasteiger partial charge >= 0.3 is 0 Å². The Morgan fingerprint density at radius 1 is 1.45 bits per heavy atom. The fourth-order valence-electron chi connectivity index (χ4n) is 2.73. The fraction of sp³-hybridized carbons (Fsp3) is 0.600. The van der Waals surface area contributed by atoms with Crippen LogP contribution in [0, 0.1) is 12.3 Å². The van der Waals surface area contributed by atoms with Crippen LogP contribution in [0.3, 0.4) is 0 Å².